The molecule has 0 radical (unpaired) electrons. The van der Waals surface area contributed by atoms with Crippen LogP contribution in [0.3, 0.4) is 0 Å². The predicted molar refractivity (Wildman–Crippen MR) is 89.9 cm³/mol. The maximum Gasteiger partial charge on any atom is 0.393 e. The van der Waals surface area contributed by atoms with Crippen LogP contribution in [-0.4, -0.2) is 40.4 Å². The molecule has 0 aliphatic heterocycles. The van der Waals surface area contributed by atoms with Crippen molar-refractivity contribution in [1.29, 1.82) is 0 Å². The summed E-state index contributed by atoms with van der Waals surface area (Å²) in [6, 6.07) is 9.46. The standard InChI is InChI=1S/C18H18O8/c1-21-11-7-5-8-12(22-2)15(11)17(19)25-26-18(20)16-13(23-3)9-6-10-14(16)24-4/h5-10H,1-4H3. The maximum absolute atomic E-state index is 12.3. The van der Waals surface area contributed by atoms with Crippen molar-refractivity contribution in [3.05, 3.63) is 47.5 Å². The second-order valence-corrected chi connectivity index (χ2v) is 4.82. The van der Waals surface area contributed by atoms with Crippen molar-refractivity contribution in [2.75, 3.05) is 28.4 Å². The van der Waals surface area contributed by atoms with Gasteiger partial charge in [-0.3, -0.25) is 0 Å². The Morgan fingerprint density at radius 2 is 0.846 bits per heavy atom. The topological polar surface area (TPSA) is 89.5 Å². The molecule has 26 heavy (non-hydrogen) atoms. The Balaban J connectivity index is 2.23. The van der Waals surface area contributed by atoms with E-state index in [-0.39, 0.29) is 34.1 Å². The van der Waals surface area contributed by atoms with Crippen LogP contribution in [0.25, 0.3) is 0 Å². The van der Waals surface area contributed by atoms with Gasteiger partial charge < -0.3 is 18.9 Å². The lowest BCUT2D eigenvalue weighted by atomic mass is 10.2. The monoisotopic (exact) mass is 362 g/mol. The Morgan fingerprint density at radius 3 is 1.08 bits per heavy atom. The maximum atomic E-state index is 12.3. The third kappa shape index (κ3) is 3.80. The van der Waals surface area contributed by atoms with Gasteiger partial charge in [0.1, 0.15) is 34.1 Å². The summed E-state index contributed by atoms with van der Waals surface area (Å²) in [5.41, 5.74) is -0.0328. The number of carbonyl (C=O) groups excluding carboxylic acids is 2. The number of benzene rings is 2. The molecule has 0 amide bonds. The van der Waals surface area contributed by atoms with Crippen molar-refractivity contribution < 1.29 is 38.3 Å². The molecule has 0 heterocycles. The summed E-state index contributed by atoms with van der Waals surface area (Å²) >= 11 is 0. The first-order valence-corrected chi connectivity index (χ1v) is 7.42. The predicted octanol–water partition coefficient (Wildman–Crippen LogP) is 2.65. The van der Waals surface area contributed by atoms with Gasteiger partial charge in [0, 0.05) is 0 Å². The first-order valence-electron chi connectivity index (χ1n) is 7.42. The first kappa shape index (κ1) is 18.9. The quantitative estimate of drug-likeness (QED) is 0.572. The molecule has 0 fully saturated rings. The fourth-order valence-corrected chi connectivity index (χ4v) is 2.26. The number of carbonyl (C=O) groups is 2. The number of methoxy groups -OCH3 is 4. The molecule has 0 aromatic heterocycles. The first-order chi connectivity index (χ1) is 12.6. The molecule has 2 aromatic rings. The number of hydrogen-bond donors (Lipinski definition) is 0. The molecule has 0 spiro atoms. The smallest absolute Gasteiger partial charge is 0.393 e. The van der Waals surface area contributed by atoms with Gasteiger partial charge in [0.25, 0.3) is 0 Å². The lowest BCUT2D eigenvalue weighted by Crippen LogP contribution is -2.15. The van der Waals surface area contributed by atoms with E-state index in [0.717, 1.165) is 0 Å². The fraction of sp³-hybridized carbons (Fsp3) is 0.222. The van der Waals surface area contributed by atoms with Crippen LogP contribution in [-0.2, 0) is 9.78 Å². The van der Waals surface area contributed by atoms with Crippen molar-refractivity contribution in [2.24, 2.45) is 0 Å². The van der Waals surface area contributed by atoms with E-state index in [2.05, 4.69) is 9.78 Å². The molecule has 8 heteroatoms. The molecule has 0 aliphatic rings. The van der Waals surface area contributed by atoms with Crippen molar-refractivity contribution in [2.45, 2.75) is 0 Å². The lowest BCUT2D eigenvalue weighted by Gasteiger charge is -2.13. The highest BCUT2D eigenvalue weighted by molar-refractivity contribution is 5.98. The van der Waals surface area contributed by atoms with E-state index in [1.807, 2.05) is 0 Å². The van der Waals surface area contributed by atoms with E-state index in [1.165, 1.54) is 28.4 Å². The van der Waals surface area contributed by atoms with E-state index >= 15 is 0 Å². The summed E-state index contributed by atoms with van der Waals surface area (Å²) in [6.45, 7) is 0. The van der Waals surface area contributed by atoms with Crippen LogP contribution in [0, 0.1) is 0 Å². The molecular formula is C18H18O8. The highest BCUT2D eigenvalue weighted by Crippen LogP contribution is 2.31. The van der Waals surface area contributed by atoms with Crippen molar-refractivity contribution in [3.8, 4) is 23.0 Å². The highest BCUT2D eigenvalue weighted by Gasteiger charge is 2.25. The average molecular weight is 362 g/mol. The zero-order valence-corrected chi connectivity index (χ0v) is 14.7. The summed E-state index contributed by atoms with van der Waals surface area (Å²) in [7, 11) is 5.54. The van der Waals surface area contributed by atoms with Crippen molar-refractivity contribution in [3.63, 3.8) is 0 Å². The fourth-order valence-electron chi connectivity index (χ4n) is 2.26. The van der Waals surface area contributed by atoms with E-state index in [0.29, 0.717) is 0 Å². The van der Waals surface area contributed by atoms with Crippen LogP contribution < -0.4 is 18.9 Å². The second kappa shape index (κ2) is 8.61. The molecular weight excluding hydrogens is 344 g/mol. The van der Waals surface area contributed by atoms with Crippen LogP contribution >= 0.6 is 0 Å². The third-order valence-electron chi connectivity index (χ3n) is 3.46. The number of hydrogen-bond acceptors (Lipinski definition) is 8. The molecule has 138 valence electrons. The molecule has 0 N–H and O–H groups in total. The number of ether oxygens (including phenoxy) is 4. The van der Waals surface area contributed by atoms with Crippen LogP contribution in [0.2, 0.25) is 0 Å². The summed E-state index contributed by atoms with van der Waals surface area (Å²) in [5, 5.41) is 0. The van der Waals surface area contributed by atoms with Gasteiger partial charge in [0.15, 0.2) is 0 Å². The van der Waals surface area contributed by atoms with Crippen LogP contribution in [0.15, 0.2) is 36.4 Å². The molecule has 0 saturated heterocycles. The lowest BCUT2D eigenvalue weighted by molar-refractivity contribution is -0.187. The second-order valence-electron chi connectivity index (χ2n) is 4.82. The molecule has 0 atom stereocenters. The van der Waals surface area contributed by atoms with Gasteiger partial charge in [-0.25, -0.2) is 19.4 Å². The summed E-state index contributed by atoms with van der Waals surface area (Å²) in [6.07, 6.45) is 0. The van der Waals surface area contributed by atoms with E-state index in [1.54, 1.807) is 36.4 Å². The molecule has 2 rings (SSSR count). The van der Waals surface area contributed by atoms with E-state index in [4.69, 9.17) is 18.9 Å². The van der Waals surface area contributed by atoms with Crippen molar-refractivity contribution in [1.82, 2.24) is 0 Å². The third-order valence-corrected chi connectivity index (χ3v) is 3.46. The van der Waals surface area contributed by atoms with Gasteiger partial charge in [0.05, 0.1) is 28.4 Å². The number of rotatable bonds is 6. The SMILES string of the molecule is COc1cccc(OC)c1C(=O)OOC(=O)c1c(OC)cccc1OC. The van der Waals surface area contributed by atoms with Gasteiger partial charge in [-0.2, -0.15) is 0 Å². The van der Waals surface area contributed by atoms with E-state index < -0.39 is 11.9 Å². The Bertz CT molecular complexity index is 688. The Kier molecular flexibility index (Phi) is 6.26. The zero-order valence-electron chi connectivity index (χ0n) is 14.7. The van der Waals surface area contributed by atoms with Crippen LogP contribution in [0.1, 0.15) is 20.7 Å². The molecule has 0 bridgehead atoms. The summed E-state index contributed by atoms with van der Waals surface area (Å²) in [5.74, 6) is -1.08. The minimum absolute atomic E-state index is 0.0164. The summed E-state index contributed by atoms with van der Waals surface area (Å²) < 4.78 is 20.4. The molecule has 0 aliphatic carbocycles. The van der Waals surface area contributed by atoms with Gasteiger partial charge >= 0.3 is 11.9 Å². The average Bonchev–Trinajstić information content (AvgIpc) is 2.70. The van der Waals surface area contributed by atoms with Crippen molar-refractivity contribution >= 4 is 11.9 Å². The Morgan fingerprint density at radius 1 is 0.577 bits per heavy atom. The van der Waals surface area contributed by atoms with Gasteiger partial charge in [-0.05, 0) is 24.3 Å². The summed E-state index contributed by atoms with van der Waals surface area (Å²) in [4.78, 5) is 34.0. The minimum Gasteiger partial charge on any atom is -0.496 e. The minimum atomic E-state index is -0.957. The van der Waals surface area contributed by atoms with Gasteiger partial charge in [0.2, 0.25) is 0 Å². The zero-order chi connectivity index (χ0) is 19.1. The molecule has 2 aromatic carbocycles. The Hall–Kier alpha value is -3.42. The van der Waals surface area contributed by atoms with E-state index in [9.17, 15) is 9.59 Å². The van der Waals surface area contributed by atoms with Gasteiger partial charge in [-0.15, -0.1) is 0 Å². The normalized spacial score (nSPS) is 9.85. The van der Waals surface area contributed by atoms with Crippen LogP contribution in [0.4, 0.5) is 0 Å². The van der Waals surface area contributed by atoms with Crippen LogP contribution in [0.5, 0.6) is 23.0 Å². The molecule has 0 saturated carbocycles. The molecule has 8 nitrogen and oxygen atoms in total. The molecule has 0 unspecified atom stereocenters. The highest BCUT2D eigenvalue weighted by atomic mass is 17.2. The largest absolute Gasteiger partial charge is 0.496 e. The Labute approximate surface area is 150 Å². The van der Waals surface area contributed by atoms with Gasteiger partial charge in [-0.1, -0.05) is 12.1 Å².